The number of hydrogen-bond acceptors (Lipinski definition) is 11. The highest BCUT2D eigenvalue weighted by molar-refractivity contribution is 7.90. The molecule has 4 aromatic rings. The summed E-state index contributed by atoms with van der Waals surface area (Å²) in [6.45, 7) is 14.4. The lowest BCUT2D eigenvalue weighted by atomic mass is 9.70. The average molecular weight is 867 g/mol. The standard InChI is InChI=1S/C45H57F3N6O6S/c1-27(2)34-22-36-37(49-42(61(10,56)57)51-41(36)54-20-19-52(24-29(54)4)43(55)60-44(5,6)7)23-35(34)40-39(45(46,47)48)28(3)21-38(50-40)53(25-30-11-15-32(58-8)16-12-30)26-31-13-17-33(59-9)18-14-31/h11-18,21,27,29,34-35H,19-20,22-26H2,1-10H3/t29-,34?,35?/m0/s1. The maximum atomic E-state index is 15.4. The van der Waals surface area contributed by atoms with Gasteiger partial charge in [-0.15, -0.1) is 0 Å². The fourth-order valence-corrected chi connectivity index (χ4v) is 8.91. The van der Waals surface area contributed by atoms with Crippen LogP contribution in [0.25, 0.3) is 0 Å². The Morgan fingerprint density at radius 2 is 1.48 bits per heavy atom. The number of alkyl halides is 3. The van der Waals surface area contributed by atoms with E-state index in [9.17, 15) is 13.2 Å². The van der Waals surface area contributed by atoms with Crippen molar-refractivity contribution >= 4 is 27.6 Å². The van der Waals surface area contributed by atoms with Gasteiger partial charge in [0.25, 0.3) is 0 Å². The summed E-state index contributed by atoms with van der Waals surface area (Å²) in [5.74, 6) is 0.917. The minimum absolute atomic E-state index is 0.0123. The number of rotatable bonds is 11. The van der Waals surface area contributed by atoms with Crippen LogP contribution in [-0.2, 0) is 46.7 Å². The third-order valence-electron chi connectivity index (χ3n) is 11.4. The Morgan fingerprint density at radius 3 is 1.95 bits per heavy atom. The van der Waals surface area contributed by atoms with Gasteiger partial charge in [-0.1, -0.05) is 38.1 Å². The van der Waals surface area contributed by atoms with Gasteiger partial charge < -0.3 is 28.9 Å². The number of carbonyl (C=O) groups excluding carboxylic acids is 1. The fourth-order valence-electron chi connectivity index (χ4n) is 8.38. The molecule has 1 aliphatic heterocycles. The largest absolute Gasteiger partial charge is 0.497 e. The molecule has 6 rings (SSSR count). The second-order valence-electron chi connectivity index (χ2n) is 17.5. The second kappa shape index (κ2) is 17.7. The van der Waals surface area contributed by atoms with Crippen molar-refractivity contribution in [3.8, 4) is 11.5 Å². The number of aryl methyl sites for hydroxylation is 1. The number of carbonyl (C=O) groups is 1. The highest BCUT2D eigenvalue weighted by Crippen LogP contribution is 2.48. The molecule has 2 unspecified atom stereocenters. The molecule has 61 heavy (non-hydrogen) atoms. The number of benzene rings is 2. The zero-order valence-corrected chi connectivity index (χ0v) is 37.4. The molecule has 3 atom stereocenters. The fraction of sp³-hybridized carbons (Fsp3) is 0.511. The summed E-state index contributed by atoms with van der Waals surface area (Å²) in [5.41, 5.74) is 1.34. The van der Waals surface area contributed by atoms with Gasteiger partial charge >= 0.3 is 12.3 Å². The monoisotopic (exact) mass is 866 g/mol. The Kier molecular flexibility index (Phi) is 13.2. The SMILES string of the molecule is COc1ccc(CN(Cc2ccc(OC)cc2)c2cc(C)c(C(F)(F)F)c(C3Cc4nc(S(C)(=O)=O)nc(N5CCN(C(=O)OC(C)(C)C)C[C@@H]5C)c4CC3C(C)C)n2)cc1. The third-order valence-corrected chi connectivity index (χ3v) is 12.3. The topological polar surface area (TPSA) is 127 Å². The first-order valence-corrected chi connectivity index (χ1v) is 22.4. The lowest BCUT2D eigenvalue weighted by Gasteiger charge is -2.43. The zero-order valence-electron chi connectivity index (χ0n) is 36.6. The molecule has 0 saturated carbocycles. The molecule has 0 bridgehead atoms. The molecule has 2 aliphatic rings. The molecule has 1 fully saturated rings. The van der Waals surface area contributed by atoms with E-state index < -0.39 is 44.3 Å². The zero-order chi connectivity index (χ0) is 44.6. The summed E-state index contributed by atoms with van der Waals surface area (Å²) in [4.78, 5) is 32.8. The summed E-state index contributed by atoms with van der Waals surface area (Å²) >= 11 is 0. The average Bonchev–Trinajstić information content (AvgIpc) is 3.18. The molecular weight excluding hydrogens is 810 g/mol. The lowest BCUT2D eigenvalue weighted by molar-refractivity contribution is -0.139. The Morgan fingerprint density at radius 1 is 0.902 bits per heavy atom. The van der Waals surface area contributed by atoms with Gasteiger partial charge in [0.1, 0.15) is 28.7 Å². The van der Waals surface area contributed by atoms with E-state index in [1.807, 2.05) is 79.1 Å². The van der Waals surface area contributed by atoms with E-state index in [2.05, 4.69) is 9.97 Å². The smallest absolute Gasteiger partial charge is 0.418 e. The number of halogens is 3. The highest BCUT2D eigenvalue weighted by Gasteiger charge is 2.44. The number of ether oxygens (including phenoxy) is 3. The van der Waals surface area contributed by atoms with E-state index in [1.165, 1.54) is 13.0 Å². The summed E-state index contributed by atoms with van der Waals surface area (Å²) in [7, 11) is -0.781. The van der Waals surface area contributed by atoms with E-state index in [-0.39, 0.29) is 35.6 Å². The van der Waals surface area contributed by atoms with Crippen LogP contribution in [0.2, 0.25) is 0 Å². The number of amides is 1. The van der Waals surface area contributed by atoms with Crippen molar-refractivity contribution in [2.24, 2.45) is 11.8 Å². The van der Waals surface area contributed by atoms with Gasteiger partial charge in [-0.3, -0.25) is 0 Å². The van der Waals surface area contributed by atoms with Crippen molar-refractivity contribution in [3.05, 3.63) is 93.8 Å². The molecule has 2 aromatic heterocycles. The molecule has 330 valence electrons. The molecule has 1 saturated heterocycles. The predicted octanol–water partition coefficient (Wildman–Crippen LogP) is 8.43. The van der Waals surface area contributed by atoms with Crippen LogP contribution >= 0.6 is 0 Å². The molecule has 3 heterocycles. The van der Waals surface area contributed by atoms with Crippen molar-refractivity contribution in [3.63, 3.8) is 0 Å². The molecule has 2 aromatic carbocycles. The maximum Gasteiger partial charge on any atom is 0.418 e. The number of methoxy groups -OCH3 is 2. The number of pyridine rings is 1. The van der Waals surface area contributed by atoms with Gasteiger partial charge in [-0.2, -0.15) is 13.2 Å². The minimum Gasteiger partial charge on any atom is -0.497 e. The number of sulfone groups is 1. The summed E-state index contributed by atoms with van der Waals surface area (Å²) in [6.07, 6.45) is -3.85. The van der Waals surface area contributed by atoms with Crippen LogP contribution in [0.5, 0.6) is 11.5 Å². The van der Waals surface area contributed by atoms with Gasteiger partial charge in [0.15, 0.2) is 0 Å². The first-order chi connectivity index (χ1) is 28.6. The Bertz CT molecular complexity index is 2270. The van der Waals surface area contributed by atoms with Crippen LogP contribution in [0.3, 0.4) is 0 Å². The first-order valence-electron chi connectivity index (χ1n) is 20.5. The molecule has 1 aliphatic carbocycles. The number of piperazine rings is 1. The van der Waals surface area contributed by atoms with E-state index in [0.29, 0.717) is 73.5 Å². The van der Waals surface area contributed by atoms with Crippen molar-refractivity contribution in [2.45, 2.75) is 103 Å². The summed E-state index contributed by atoms with van der Waals surface area (Å²) < 4.78 is 88.8. The molecule has 0 N–H and O–H groups in total. The molecule has 16 heteroatoms. The van der Waals surface area contributed by atoms with E-state index >= 15 is 13.2 Å². The number of aromatic nitrogens is 3. The van der Waals surface area contributed by atoms with Crippen LogP contribution in [0.15, 0.2) is 59.8 Å². The van der Waals surface area contributed by atoms with E-state index in [0.717, 1.165) is 17.4 Å². The van der Waals surface area contributed by atoms with Gasteiger partial charge in [0, 0.05) is 56.5 Å². The molecule has 1 amide bonds. The van der Waals surface area contributed by atoms with Crippen molar-refractivity contribution < 1.29 is 40.6 Å². The Labute approximate surface area is 357 Å². The first kappa shape index (κ1) is 45.4. The number of anilines is 2. The van der Waals surface area contributed by atoms with Gasteiger partial charge in [-0.25, -0.2) is 28.2 Å². The normalized spacial score (nSPS) is 18.5. The van der Waals surface area contributed by atoms with Crippen molar-refractivity contribution in [1.29, 1.82) is 0 Å². The summed E-state index contributed by atoms with van der Waals surface area (Å²) in [5, 5.41) is -0.399. The molecule has 0 spiro atoms. The van der Waals surface area contributed by atoms with E-state index in [1.54, 1.807) is 39.9 Å². The Hall–Kier alpha value is -5.12. The van der Waals surface area contributed by atoms with E-state index in [4.69, 9.17) is 19.2 Å². The van der Waals surface area contributed by atoms with Crippen LogP contribution < -0.4 is 19.3 Å². The predicted molar refractivity (Wildman–Crippen MR) is 228 cm³/mol. The van der Waals surface area contributed by atoms with Crippen LogP contribution in [0.1, 0.15) is 86.7 Å². The van der Waals surface area contributed by atoms with Gasteiger partial charge in [0.2, 0.25) is 15.0 Å². The van der Waals surface area contributed by atoms with Crippen molar-refractivity contribution in [2.75, 3.05) is 49.9 Å². The van der Waals surface area contributed by atoms with Gasteiger partial charge in [0.05, 0.1) is 31.2 Å². The highest BCUT2D eigenvalue weighted by atomic mass is 32.2. The minimum atomic E-state index is -4.73. The third kappa shape index (κ3) is 10.5. The van der Waals surface area contributed by atoms with Crippen LogP contribution in [-0.4, -0.2) is 86.1 Å². The van der Waals surface area contributed by atoms with Crippen LogP contribution in [0, 0.1) is 18.8 Å². The number of nitrogens with zero attached hydrogens (tertiary/aromatic N) is 6. The summed E-state index contributed by atoms with van der Waals surface area (Å²) in [6, 6.07) is 16.2. The number of hydrogen-bond donors (Lipinski definition) is 0. The van der Waals surface area contributed by atoms with Crippen molar-refractivity contribution in [1.82, 2.24) is 19.9 Å². The molecule has 0 radical (unpaired) electrons. The van der Waals surface area contributed by atoms with Gasteiger partial charge in [-0.05, 0) is 106 Å². The Balaban J connectivity index is 1.46. The lowest BCUT2D eigenvalue weighted by Crippen LogP contribution is -2.55. The second-order valence-corrected chi connectivity index (χ2v) is 19.4. The number of fused-ring (bicyclic) bond motifs is 1. The maximum absolute atomic E-state index is 15.4. The molecule has 12 nitrogen and oxygen atoms in total. The van der Waals surface area contributed by atoms with Crippen LogP contribution in [0.4, 0.5) is 29.6 Å². The molecular formula is C45H57F3N6O6S. The quantitative estimate of drug-likeness (QED) is 0.135.